The molecule has 2 rings (SSSR count). The third-order valence-corrected chi connectivity index (χ3v) is 6.12. The average molecular weight is 322 g/mol. The van der Waals surface area contributed by atoms with Crippen molar-refractivity contribution in [3.8, 4) is 0 Å². The van der Waals surface area contributed by atoms with E-state index in [4.69, 9.17) is 0 Å². The van der Waals surface area contributed by atoms with Crippen molar-refractivity contribution < 1.29 is 8.42 Å². The van der Waals surface area contributed by atoms with E-state index in [9.17, 15) is 8.42 Å². The molecule has 1 aromatic rings. The van der Waals surface area contributed by atoms with Crippen LogP contribution in [0.15, 0.2) is 35.7 Å². The SMILES string of the molecule is CCN1CC[C@H](N(C)S(=O)(=O)/C=C\c2ccccc2)C[C@@H]1C. The lowest BCUT2D eigenvalue weighted by Crippen LogP contribution is -2.48. The first-order valence-corrected chi connectivity index (χ1v) is 9.39. The fraction of sp³-hybridized carbons (Fsp3) is 0.529. The van der Waals surface area contributed by atoms with Gasteiger partial charge in [0.1, 0.15) is 0 Å². The van der Waals surface area contributed by atoms with Crippen molar-refractivity contribution in [1.29, 1.82) is 0 Å². The highest BCUT2D eigenvalue weighted by Gasteiger charge is 2.31. The smallest absolute Gasteiger partial charge is 0.236 e. The van der Waals surface area contributed by atoms with Gasteiger partial charge in [-0.15, -0.1) is 0 Å². The zero-order chi connectivity index (χ0) is 16.2. The fourth-order valence-electron chi connectivity index (χ4n) is 3.03. The Kier molecular flexibility index (Phi) is 5.78. The molecule has 22 heavy (non-hydrogen) atoms. The van der Waals surface area contributed by atoms with E-state index in [1.54, 1.807) is 13.1 Å². The van der Waals surface area contributed by atoms with Gasteiger partial charge in [-0.3, -0.25) is 0 Å². The molecular weight excluding hydrogens is 296 g/mol. The molecular formula is C17H26N2O2S. The zero-order valence-electron chi connectivity index (χ0n) is 13.6. The number of hydrogen-bond donors (Lipinski definition) is 0. The van der Waals surface area contributed by atoms with Gasteiger partial charge in [0.25, 0.3) is 0 Å². The van der Waals surface area contributed by atoms with Gasteiger partial charge in [0.15, 0.2) is 0 Å². The first-order valence-electron chi connectivity index (χ1n) is 7.89. The molecule has 0 spiro atoms. The zero-order valence-corrected chi connectivity index (χ0v) is 14.5. The van der Waals surface area contributed by atoms with Crippen LogP contribution in [-0.2, 0) is 10.0 Å². The van der Waals surface area contributed by atoms with Crippen LogP contribution in [0.5, 0.6) is 0 Å². The summed E-state index contributed by atoms with van der Waals surface area (Å²) in [6, 6.07) is 10.0. The minimum Gasteiger partial charge on any atom is -0.301 e. The van der Waals surface area contributed by atoms with Crippen LogP contribution in [0.25, 0.3) is 6.08 Å². The van der Waals surface area contributed by atoms with Gasteiger partial charge < -0.3 is 4.90 Å². The van der Waals surface area contributed by atoms with Crippen molar-refractivity contribution in [2.75, 3.05) is 20.1 Å². The van der Waals surface area contributed by atoms with E-state index in [2.05, 4.69) is 18.7 Å². The fourth-order valence-corrected chi connectivity index (χ4v) is 4.16. The van der Waals surface area contributed by atoms with E-state index in [0.717, 1.165) is 31.5 Å². The Balaban J connectivity index is 2.05. The van der Waals surface area contributed by atoms with Crippen LogP contribution in [0.2, 0.25) is 0 Å². The Morgan fingerprint density at radius 2 is 2.00 bits per heavy atom. The van der Waals surface area contributed by atoms with Crippen molar-refractivity contribution in [3.05, 3.63) is 41.3 Å². The third kappa shape index (κ3) is 4.18. The topological polar surface area (TPSA) is 40.6 Å². The predicted molar refractivity (Wildman–Crippen MR) is 91.9 cm³/mol. The van der Waals surface area contributed by atoms with Crippen LogP contribution in [0.4, 0.5) is 0 Å². The minimum atomic E-state index is -3.37. The maximum absolute atomic E-state index is 12.5. The molecule has 1 aromatic carbocycles. The van der Waals surface area contributed by atoms with Gasteiger partial charge in [-0.25, -0.2) is 8.42 Å². The molecule has 1 heterocycles. The summed E-state index contributed by atoms with van der Waals surface area (Å²) < 4.78 is 26.5. The molecule has 0 N–H and O–H groups in total. The Morgan fingerprint density at radius 3 is 2.59 bits per heavy atom. The van der Waals surface area contributed by atoms with E-state index < -0.39 is 10.0 Å². The molecule has 0 unspecified atom stereocenters. The summed E-state index contributed by atoms with van der Waals surface area (Å²) in [6.07, 6.45) is 3.45. The van der Waals surface area contributed by atoms with Gasteiger partial charge in [0.2, 0.25) is 10.0 Å². The van der Waals surface area contributed by atoms with Gasteiger partial charge in [-0.1, -0.05) is 37.3 Å². The van der Waals surface area contributed by atoms with E-state index in [0.29, 0.717) is 6.04 Å². The Labute approximate surface area is 134 Å². The molecule has 122 valence electrons. The van der Waals surface area contributed by atoms with Crippen LogP contribution in [-0.4, -0.2) is 49.8 Å². The van der Waals surface area contributed by atoms with Crippen molar-refractivity contribution in [1.82, 2.24) is 9.21 Å². The molecule has 4 nitrogen and oxygen atoms in total. The van der Waals surface area contributed by atoms with Crippen molar-refractivity contribution in [2.24, 2.45) is 0 Å². The van der Waals surface area contributed by atoms with Crippen LogP contribution in [0, 0.1) is 0 Å². The van der Waals surface area contributed by atoms with Crippen LogP contribution in [0.3, 0.4) is 0 Å². The molecule has 0 aromatic heterocycles. The summed E-state index contributed by atoms with van der Waals surface area (Å²) >= 11 is 0. The van der Waals surface area contributed by atoms with E-state index >= 15 is 0 Å². The van der Waals surface area contributed by atoms with Crippen LogP contribution in [0.1, 0.15) is 32.3 Å². The highest BCUT2D eigenvalue weighted by atomic mass is 32.2. The molecule has 2 atom stereocenters. The summed E-state index contributed by atoms with van der Waals surface area (Å²) in [4.78, 5) is 2.40. The minimum absolute atomic E-state index is 0.0863. The maximum Gasteiger partial charge on any atom is 0.236 e. The number of sulfonamides is 1. The van der Waals surface area contributed by atoms with Crippen molar-refractivity contribution in [3.63, 3.8) is 0 Å². The quantitative estimate of drug-likeness (QED) is 0.837. The third-order valence-electron chi connectivity index (χ3n) is 4.54. The molecule has 0 bridgehead atoms. The Morgan fingerprint density at radius 1 is 1.32 bits per heavy atom. The summed E-state index contributed by atoms with van der Waals surface area (Å²) in [7, 11) is -1.67. The Bertz CT molecular complexity index is 598. The largest absolute Gasteiger partial charge is 0.301 e. The lowest BCUT2D eigenvalue weighted by Gasteiger charge is -2.39. The number of hydrogen-bond acceptors (Lipinski definition) is 3. The number of benzene rings is 1. The number of piperidine rings is 1. The first kappa shape index (κ1) is 17.2. The Hall–Kier alpha value is -1.17. The highest BCUT2D eigenvalue weighted by Crippen LogP contribution is 2.23. The number of nitrogens with zero attached hydrogens (tertiary/aromatic N) is 2. The maximum atomic E-state index is 12.5. The number of rotatable bonds is 5. The van der Waals surface area contributed by atoms with Crippen LogP contribution >= 0.6 is 0 Å². The van der Waals surface area contributed by atoms with Crippen molar-refractivity contribution in [2.45, 2.75) is 38.8 Å². The summed E-state index contributed by atoms with van der Waals surface area (Å²) in [5, 5.41) is 1.32. The molecule has 0 radical (unpaired) electrons. The highest BCUT2D eigenvalue weighted by molar-refractivity contribution is 7.92. The van der Waals surface area contributed by atoms with Crippen molar-refractivity contribution >= 4 is 16.1 Å². The number of likely N-dealkylation sites (tertiary alicyclic amines) is 1. The van der Waals surface area contributed by atoms with Gasteiger partial charge >= 0.3 is 0 Å². The van der Waals surface area contributed by atoms with Gasteiger partial charge in [-0.2, -0.15) is 4.31 Å². The van der Waals surface area contributed by atoms with E-state index in [-0.39, 0.29) is 6.04 Å². The molecule has 1 aliphatic heterocycles. The summed E-state index contributed by atoms with van der Waals surface area (Å²) in [5.41, 5.74) is 0.897. The van der Waals surface area contributed by atoms with E-state index in [1.807, 2.05) is 30.3 Å². The molecule has 0 aliphatic carbocycles. The second-order valence-electron chi connectivity index (χ2n) is 5.93. The molecule has 1 fully saturated rings. The standard InChI is InChI=1S/C17H26N2O2S/c1-4-19-12-10-17(14-15(19)2)18(3)22(20,21)13-11-16-8-6-5-7-9-16/h5-9,11,13,15,17H,4,10,12,14H2,1-3H3/b13-11-/t15-,17-/m0/s1. The lowest BCUT2D eigenvalue weighted by molar-refractivity contribution is 0.122. The summed E-state index contributed by atoms with van der Waals surface area (Å²) in [6.45, 7) is 6.32. The second-order valence-corrected chi connectivity index (χ2v) is 7.81. The molecule has 1 saturated heterocycles. The normalized spacial score (nSPS) is 24.2. The first-order chi connectivity index (χ1) is 10.4. The molecule has 0 saturated carbocycles. The van der Waals surface area contributed by atoms with Gasteiger partial charge in [-0.05, 0) is 44.5 Å². The second kappa shape index (κ2) is 7.40. The van der Waals surface area contributed by atoms with Crippen LogP contribution < -0.4 is 0 Å². The molecule has 1 aliphatic rings. The molecule has 5 heteroatoms. The molecule has 0 amide bonds. The average Bonchev–Trinajstić information content (AvgIpc) is 2.53. The predicted octanol–water partition coefficient (Wildman–Crippen LogP) is 2.79. The lowest BCUT2D eigenvalue weighted by atomic mass is 9.99. The monoisotopic (exact) mass is 322 g/mol. The van der Waals surface area contributed by atoms with E-state index in [1.165, 1.54) is 9.71 Å². The summed E-state index contributed by atoms with van der Waals surface area (Å²) in [5.74, 6) is 0. The van der Waals surface area contributed by atoms with Gasteiger partial charge in [0.05, 0.1) is 0 Å². The van der Waals surface area contributed by atoms with Gasteiger partial charge in [0, 0.05) is 24.5 Å².